The van der Waals surface area contributed by atoms with E-state index in [1.807, 2.05) is 24.4 Å². The summed E-state index contributed by atoms with van der Waals surface area (Å²) in [6.07, 6.45) is 4.41. The molecule has 2 N–H and O–H groups in total. The highest BCUT2D eigenvalue weighted by molar-refractivity contribution is 5.93. The Bertz CT molecular complexity index is 814. The first-order valence-corrected chi connectivity index (χ1v) is 10.0. The van der Waals surface area contributed by atoms with Gasteiger partial charge in [-0.05, 0) is 42.5 Å². The number of nitrogens with one attached hydrogen (secondary N) is 2. The number of pyridine rings is 1. The first kappa shape index (κ1) is 20.8. The first-order valence-electron chi connectivity index (χ1n) is 10.0. The fourth-order valence-electron chi connectivity index (χ4n) is 3.36. The number of anilines is 2. The van der Waals surface area contributed by atoms with Gasteiger partial charge < -0.3 is 25.0 Å². The van der Waals surface area contributed by atoms with Gasteiger partial charge in [0.2, 0.25) is 0 Å². The van der Waals surface area contributed by atoms with Gasteiger partial charge in [0.15, 0.2) is 17.5 Å². The van der Waals surface area contributed by atoms with Crippen molar-refractivity contribution in [3.05, 3.63) is 42.1 Å². The van der Waals surface area contributed by atoms with Gasteiger partial charge in [-0.1, -0.05) is 13.0 Å². The second kappa shape index (κ2) is 10.0. The second-order valence-corrected chi connectivity index (χ2v) is 7.31. The molecule has 0 spiro atoms. The van der Waals surface area contributed by atoms with E-state index in [1.54, 1.807) is 21.3 Å². The molecule has 1 aliphatic heterocycles. The number of guanidine groups is 1. The molecule has 3 rings (SSSR count). The molecule has 2 heterocycles. The Hall–Kier alpha value is -2.96. The van der Waals surface area contributed by atoms with Gasteiger partial charge in [-0.15, -0.1) is 0 Å². The average Bonchev–Trinajstić information content (AvgIpc) is 2.77. The van der Waals surface area contributed by atoms with Gasteiger partial charge in [0.1, 0.15) is 5.82 Å². The minimum atomic E-state index is 0.636. The van der Waals surface area contributed by atoms with Gasteiger partial charge in [0.05, 0.1) is 14.2 Å². The smallest absolute Gasteiger partial charge is 0.195 e. The van der Waals surface area contributed by atoms with Crippen LogP contribution in [0.3, 0.4) is 0 Å². The van der Waals surface area contributed by atoms with E-state index in [1.165, 1.54) is 12.8 Å². The zero-order chi connectivity index (χ0) is 20.6. The molecule has 0 amide bonds. The van der Waals surface area contributed by atoms with Crippen LogP contribution in [-0.2, 0) is 6.54 Å². The van der Waals surface area contributed by atoms with Crippen molar-refractivity contribution >= 4 is 17.5 Å². The molecule has 29 heavy (non-hydrogen) atoms. The maximum atomic E-state index is 5.35. The minimum Gasteiger partial charge on any atom is -0.493 e. The quantitative estimate of drug-likeness (QED) is 0.574. The molecule has 7 nitrogen and oxygen atoms in total. The average molecular weight is 398 g/mol. The van der Waals surface area contributed by atoms with E-state index in [9.17, 15) is 0 Å². The first-order chi connectivity index (χ1) is 14.1. The van der Waals surface area contributed by atoms with Gasteiger partial charge >= 0.3 is 0 Å². The number of aromatic nitrogens is 1. The van der Waals surface area contributed by atoms with Crippen LogP contribution in [-0.4, -0.2) is 45.3 Å². The van der Waals surface area contributed by atoms with Crippen LogP contribution in [0.25, 0.3) is 0 Å². The van der Waals surface area contributed by atoms with Gasteiger partial charge in [-0.3, -0.25) is 4.99 Å². The zero-order valence-corrected chi connectivity index (χ0v) is 17.7. The molecule has 0 saturated carbocycles. The van der Waals surface area contributed by atoms with Crippen LogP contribution in [0, 0.1) is 5.92 Å². The molecule has 1 aromatic heterocycles. The fraction of sp³-hybridized carbons (Fsp3) is 0.455. The predicted molar refractivity (Wildman–Crippen MR) is 118 cm³/mol. The Morgan fingerprint density at radius 1 is 1.14 bits per heavy atom. The molecule has 1 aliphatic rings. The van der Waals surface area contributed by atoms with Crippen molar-refractivity contribution < 1.29 is 9.47 Å². The second-order valence-electron chi connectivity index (χ2n) is 7.31. The predicted octanol–water partition coefficient (Wildman–Crippen LogP) is 3.52. The topological polar surface area (TPSA) is 71.0 Å². The summed E-state index contributed by atoms with van der Waals surface area (Å²) >= 11 is 0. The number of benzene rings is 1. The molecule has 7 heteroatoms. The normalized spacial score (nSPS) is 15.2. The van der Waals surface area contributed by atoms with Crippen molar-refractivity contribution in [1.82, 2.24) is 10.3 Å². The number of hydrogen-bond donors (Lipinski definition) is 2. The standard InChI is InChI=1S/C22H31N5O2/c1-16-9-11-27(12-10-16)21-8-5-17(14-24-21)15-25-22(23-2)26-18-6-7-19(28-3)20(13-18)29-4/h5-8,13-14,16H,9-12,15H2,1-4H3,(H2,23,25,26). The van der Waals surface area contributed by atoms with Crippen LogP contribution in [0.4, 0.5) is 11.5 Å². The molecule has 0 bridgehead atoms. The highest BCUT2D eigenvalue weighted by Gasteiger charge is 2.16. The largest absolute Gasteiger partial charge is 0.493 e. The van der Waals surface area contributed by atoms with E-state index < -0.39 is 0 Å². The molecule has 156 valence electrons. The number of methoxy groups -OCH3 is 2. The minimum absolute atomic E-state index is 0.636. The number of piperidine rings is 1. The summed E-state index contributed by atoms with van der Waals surface area (Å²) in [5, 5.41) is 6.59. The third-order valence-electron chi connectivity index (χ3n) is 5.25. The zero-order valence-electron chi connectivity index (χ0n) is 17.7. The van der Waals surface area contributed by atoms with Crippen LogP contribution >= 0.6 is 0 Å². The van der Waals surface area contributed by atoms with Crippen LogP contribution in [0.15, 0.2) is 41.5 Å². The molecule has 1 aromatic carbocycles. The Balaban J connectivity index is 1.55. The monoisotopic (exact) mass is 397 g/mol. The van der Waals surface area contributed by atoms with Gasteiger partial charge in [-0.2, -0.15) is 0 Å². The number of hydrogen-bond acceptors (Lipinski definition) is 5. The Morgan fingerprint density at radius 3 is 2.52 bits per heavy atom. The summed E-state index contributed by atoms with van der Waals surface area (Å²) in [6.45, 7) is 5.14. The van der Waals surface area contributed by atoms with E-state index in [-0.39, 0.29) is 0 Å². The highest BCUT2D eigenvalue weighted by Crippen LogP contribution is 2.29. The number of nitrogens with zero attached hydrogens (tertiary/aromatic N) is 3. The van der Waals surface area contributed by atoms with E-state index in [0.717, 1.165) is 36.1 Å². The SMILES string of the molecule is CN=C(NCc1ccc(N2CCC(C)CC2)nc1)Nc1ccc(OC)c(OC)c1. The summed E-state index contributed by atoms with van der Waals surface area (Å²) in [6, 6.07) is 9.89. The van der Waals surface area contributed by atoms with Crippen molar-refractivity contribution in [2.45, 2.75) is 26.3 Å². The summed E-state index contributed by atoms with van der Waals surface area (Å²) < 4.78 is 10.6. The van der Waals surface area contributed by atoms with Gasteiger partial charge in [0.25, 0.3) is 0 Å². The van der Waals surface area contributed by atoms with Crippen molar-refractivity contribution in [1.29, 1.82) is 0 Å². The van der Waals surface area contributed by atoms with E-state index in [0.29, 0.717) is 24.0 Å². The van der Waals surface area contributed by atoms with Crippen molar-refractivity contribution in [2.24, 2.45) is 10.9 Å². The third-order valence-corrected chi connectivity index (χ3v) is 5.25. The maximum absolute atomic E-state index is 5.35. The van der Waals surface area contributed by atoms with Crippen LogP contribution in [0.2, 0.25) is 0 Å². The Morgan fingerprint density at radius 2 is 1.90 bits per heavy atom. The van der Waals surface area contributed by atoms with Gasteiger partial charge in [-0.25, -0.2) is 4.98 Å². The van der Waals surface area contributed by atoms with Crippen LogP contribution in [0.1, 0.15) is 25.3 Å². The Labute approximate surface area is 173 Å². The maximum Gasteiger partial charge on any atom is 0.195 e. The fourth-order valence-corrected chi connectivity index (χ4v) is 3.36. The summed E-state index contributed by atoms with van der Waals surface area (Å²) in [5.74, 6) is 3.91. The lowest BCUT2D eigenvalue weighted by Gasteiger charge is -2.31. The van der Waals surface area contributed by atoms with Crippen molar-refractivity contribution in [3.63, 3.8) is 0 Å². The molecule has 2 aromatic rings. The van der Waals surface area contributed by atoms with Crippen molar-refractivity contribution in [2.75, 3.05) is 44.6 Å². The molecule has 0 atom stereocenters. The Kier molecular flexibility index (Phi) is 7.16. The molecule has 1 saturated heterocycles. The number of aliphatic imine (C=N–C) groups is 1. The van der Waals surface area contributed by atoms with Crippen LogP contribution in [0.5, 0.6) is 11.5 Å². The van der Waals surface area contributed by atoms with Crippen molar-refractivity contribution in [3.8, 4) is 11.5 Å². The molecular formula is C22H31N5O2. The number of rotatable bonds is 6. The molecular weight excluding hydrogens is 366 g/mol. The van der Waals surface area contributed by atoms with E-state index in [2.05, 4.69) is 44.6 Å². The lowest BCUT2D eigenvalue weighted by atomic mass is 9.99. The third kappa shape index (κ3) is 5.53. The molecule has 0 unspecified atom stereocenters. The van der Waals surface area contributed by atoms with Crippen LogP contribution < -0.4 is 25.0 Å². The lowest BCUT2D eigenvalue weighted by Crippen LogP contribution is -2.33. The molecule has 0 radical (unpaired) electrons. The molecule has 1 fully saturated rings. The van der Waals surface area contributed by atoms with Gasteiger partial charge in [0, 0.05) is 44.6 Å². The summed E-state index contributed by atoms with van der Waals surface area (Å²) in [5.41, 5.74) is 1.97. The van der Waals surface area contributed by atoms with E-state index in [4.69, 9.17) is 9.47 Å². The summed E-state index contributed by atoms with van der Waals surface area (Å²) in [7, 11) is 4.99. The molecule has 0 aliphatic carbocycles. The lowest BCUT2D eigenvalue weighted by molar-refractivity contribution is 0.355. The van der Waals surface area contributed by atoms with E-state index >= 15 is 0 Å². The summed E-state index contributed by atoms with van der Waals surface area (Å²) in [4.78, 5) is 11.3. The number of ether oxygens (including phenoxy) is 2. The highest BCUT2D eigenvalue weighted by atomic mass is 16.5.